The van der Waals surface area contributed by atoms with E-state index in [9.17, 15) is 0 Å². The van der Waals surface area contributed by atoms with Crippen molar-refractivity contribution < 1.29 is 4.74 Å². The van der Waals surface area contributed by atoms with Crippen LogP contribution in [0.1, 0.15) is 13.8 Å². The highest BCUT2D eigenvalue weighted by Crippen LogP contribution is 2.25. The molecule has 0 N–H and O–H groups in total. The summed E-state index contributed by atoms with van der Waals surface area (Å²) in [7, 11) is 0. The number of hydrogen-bond acceptors (Lipinski definition) is 4. The first-order valence-corrected chi connectivity index (χ1v) is 6.92. The Balaban J connectivity index is 2.07. The quantitative estimate of drug-likeness (QED) is 0.832. The minimum atomic E-state index is 0.567. The lowest BCUT2D eigenvalue weighted by Crippen LogP contribution is -2.32. The molecule has 1 aromatic rings. The maximum atomic E-state index is 5.50. The Morgan fingerprint density at radius 2 is 2.11 bits per heavy atom. The van der Waals surface area contributed by atoms with Gasteiger partial charge in [0, 0.05) is 17.2 Å². The van der Waals surface area contributed by atoms with E-state index in [-0.39, 0.29) is 0 Å². The van der Waals surface area contributed by atoms with Gasteiger partial charge in [0.15, 0.2) is 5.17 Å². The van der Waals surface area contributed by atoms with Crippen LogP contribution < -0.4 is 0 Å². The van der Waals surface area contributed by atoms with Gasteiger partial charge in [0.2, 0.25) is 0 Å². The van der Waals surface area contributed by atoms with E-state index in [0.717, 1.165) is 11.7 Å². The third-order valence-corrected chi connectivity index (χ3v) is 3.69. The van der Waals surface area contributed by atoms with E-state index in [1.807, 2.05) is 25.1 Å². The number of ether oxygens (including phenoxy) is 1. The van der Waals surface area contributed by atoms with Crippen LogP contribution >= 0.6 is 11.8 Å². The first-order valence-electron chi connectivity index (χ1n) is 6.10. The van der Waals surface area contributed by atoms with E-state index in [2.05, 4.69) is 35.0 Å². The zero-order chi connectivity index (χ0) is 12.8. The summed E-state index contributed by atoms with van der Waals surface area (Å²) in [6, 6.07) is 10.3. The Bertz CT molecular complexity index is 442. The number of rotatable bonds is 4. The Morgan fingerprint density at radius 1 is 1.33 bits per heavy atom. The molecule has 4 heteroatoms. The van der Waals surface area contributed by atoms with Gasteiger partial charge in [-0.15, -0.1) is 0 Å². The van der Waals surface area contributed by atoms with Crippen LogP contribution in [-0.4, -0.2) is 30.0 Å². The lowest BCUT2D eigenvalue weighted by molar-refractivity contribution is 0.0893. The van der Waals surface area contributed by atoms with Gasteiger partial charge in [0.25, 0.3) is 0 Å². The van der Waals surface area contributed by atoms with Crippen molar-refractivity contribution >= 4 is 16.9 Å². The minimum Gasteiger partial charge on any atom is -0.361 e. The van der Waals surface area contributed by atoms with Crippen molar-refractivity contribution in [3.8, 4) is 0 Å². The SMILES string of the molecule is CCOCN1C(C)=CCN=C1Sc1ccccc1. The molecule has 18 heavy (non-hydrogen) atoms. The number of hydrogen-bond donors (Lipinski definition) is 0. The fourth-order valence-electron chi connectivity index (χ4n) is 1.62. The third-order valence-electron chi connectivity index (χ3n) is 2.65. The normalized spacial score (nSPS) is 15.3. The van der Waals surface area contributed by atoms with E-state index in [4.69, 9.17) is 4.74 Å². The fourth-order valence-corrected chi connectivity index (χ4v) is 2.57. The van der Waals surface area contributed by atoms with E-state index < -0.39 is 0 Å². The molecule has 0 spiro atoms. The van der Waals surface area contributed by atoms with Crippen LogP contribution in [-0.2, 0) is 4.74 Å². The van der Waals surface area contributed by atoms with E-state index in [1.54, 1.807) is 11.8 Å². The lowest BCUT2D eigenvalue weighted by Gasteiger charge is -2.28. The largest absolute Gasteiger partial charge is 0.361 e. The molecule has 0 fully saturated rings. The molecule has 1 heterocycles. The number of thioether (sulfide) groups is 1. The summed E-state index contributed by atoms with van der Waals surface area (Å²) >= 11 is 1.68. The highest BCUT2D eigenvalue weighted by atomic mass is 32.2. The van der Waals surface area contributed by atoms with E-state index in [1.165, 1.54) is 10.6 Å². The molecular weight excluding hydrogens is 244 g/mol. The first-order chi connectivity index (χ1) is 8.81. The topological polar surface area (TPSA) is 24.8 Å². The predicted molar refractivity (Wildman–Crippen MR) is 76.7 cm³/mol. The first kappa shape index (κ1) is 13.2. The predicted octanol–water partition coefficient (Wildman–Crippen LogP) is 3.35. The monoisotopic (exact) mass is 262 g/mol. The second-order valence-corrected chi connectivity index (χ2v) is 4.97. The van der Waals surface area contributed by atoms with Crippen molar-refractivity contribution in [1.82, 2.24) is 4.90 Å². The summed E-state index contributed by atoms with van der Waals surface area (Å²) in [5.41, 5.74) is 1.21. The van der Waals surface area contributed by atoms with Crippen LogP contribution in [0.5, 0.6) is 0 Å². The van der Waals surface area contributed by atoms with Crippen LogP contribution in [0.15, 0.2) is 52.0 Å². The Hall–Kier alpha value is -1.26. The fraction of sp³-hybridized carbons (Fsp3) is 0.357. The molecule has 0 aromatic heterocycles. The van der Waals surface area contributed by atoms with Gasteiger partial charge in [-0.3, -0.25) is 4.99 Å². The van der Waals surface area contributed by atoms with Crippen molar-refractivity contribution in [3.05, 3.63) is 42.1 Å². The van der Waals surface area contributed by atoms with Gasteiger partial charge >= 0.3 is 0 Å². The molecule has 1 aliphatic rings. The van der Waals surface area contributed by atoms with Gasteiger partial charge in [-0.1, -0.05) is 30.0 Å². The molecule has 0 unspecified atom stereocenters. The molecule has 0 saturated heterocycles. The Kier molecular flexibility index (Phi) is 4.84. The van der Waals surface area contributed by atoms with E-state index >= 15 is 0 Å². The smallest absolute Gasteiger partial charge is 0.170 e. The maximum absolute atomic E-state index is 5.50. The van der Waals surface area contributed by atoms with Gasteiger partial charge < -0.3 is 9.64 Å². The molecule has 1 aromatic carbocycles. The standard InChI is InChI=1S/C14H18N2OS/c1-3-17-11-16-12(2)9-10-15-14(16)18-13-7-5-4-6-8-13/h4-9H,3,10-11H2,1-2H3. The molecule has 96 valence electrons. The molecule has 1 aliphatic heterocycles. The van der Waals surface area contributed by atoms with Crippen LogP contribution in [0.2, 0.25) is 0 Å². The zero-order valence-electron chi connectivity index (χ0n) is 10.8. The second kappa shape index (κ2) is 6.61. The van der Waals surface area contributed by atoms with Crippen molar-refractivity contribution in [2.75, 3.05) is 19.9 Å². The van der Waals surface area contributed by atoms with Crippen LogP contribution in [0.4, 0.5) is 0 Å². The molecule has 0 amide bonds. The molecule has 3 nitrogen and oxygen atoms in total. The Labute approximate surface area is 113 Å². The van der Waals surface area contributed by atoms with Crippen LogP contribution in [0, 0.1) is 0 Å². The van der Waals surface area contributed by atoms with Crippen molar-refractivity contribution in [2.45, 2.75) is 18.7 Å². The number of aliphatic imine (C=N–C) groups is 1. The molecule has 0 bridgehead atoms. The van der Waals surface area contributed by atoms with Crippen molar-refractivity contribution in [1.29, 1.82) is 0 Å². The zero-order valence-corrected chi connectivity index (χ0v) is 11.6. The summed E-state index contributed by atoms with van der Waals surface area (Å²) in [4.78, 5) is 7.88. The van der Waals surface area contributed by atoms with Gasteiger partial charge in [-0.25, -0.2) is 0 Å². The van der Waals surface area contributed by atoms with Crippen LogP contribution in [0.25, 0.3) is 0 Å². The molecule has 0 radical (unpaired) electrons. The minimum absolute atomic E-state index is 0.567. The number of benzene rings is 1. The summed E-state index contributed by atoms with van der Waals surface area (Å²) in [5, 5.41) is 1.01. The highest BCUT2D eigenvalue weighted by molar-refractivity contribution is 8.13. The second-order valence-electron chi connectivity index (χ2n) is 3.93. The molecule has 0 saturated carbocycles. The average molecular weight is 262 g/mol. The van der Waals surface area contributed by atoms with Crippen LogP contribution in [0.3, 0.4) is 0 Å². The third kappa shape index (κ3) is 3.37. The maximum Gasteiger partial charge on any atom is 0.170 e. The Morgan fingerprint density at radius 3 is 2.83 bits per heavy atom. The number of allylic oxidation sites excluding steroid dienone is 1. The van der Waals surface area contributed by atoms with Gasteiger partial charge in [-0.2, -0.15) is 0 Å². The van der Waals surface area contributed by atoms with Gasteiger partial charge in [0.1, 0.15) is 6.73 Å². The van der Waals surface area contributed by atoms with Gasteiger partial charge in [0.05, 0.1) is 6.54 Å². The molecule has 2 rings (SSSR count). The van der Waals surface area contributed by atoms with E-state index in [0.29, 0.717) is 13.3 Å². The summed E-state index contributed by atoms with van der Waals surface area (Å²) < 4.78 is 5.50. The molecular formula is C14H18N2OS. The molecule has 0 atom stereocenters. The lowest BCUT2D eigenvalue weighted by atomic mass is 10.4. The molecule has 0 aliphatic carbocycles. The van der Waals surface area contributed by atoms with Gasteiger partial charge in [-0.05, 0) is 32.1 Å². The van der Waals surface area contributed by atoms with Crippen molar-refractivity contribution in [2.24, 2.45) is 4.99 Å². The average Bonchev–Trinajstić information content (AvgIpc) is 2.39. The number of nitrogens with zero attached hydrogens (tertiary/aromatic N) is 2. The van der Waals surface area contributed by atoms with Crippen molar-refractivity contribution in [3.63, 3.8) is 0 Å². The summed E-state index contributed by atoms with van der Waals surface area (Å²) in [5.74, 6) is 0. The summed E-state index contributed by atoms with van der Waals surface area (Å²) in [6.07, 6.45) is 2.12. The number of amidine groups is 1. The highest BCUT2D eigenvalue weighted by Gasteiger charge is 2.17. The summed E-state index contributed by atoms with van der Waals surface area (Å²) in [6.45, 7) is 6.14.